The third-order valence-corrected chi connectivity index (χ3v) is 2.91. The lowest BCUT2D eigenvalue weighted by atomic mass is 10.3. The summed E-state index contributed by atoms with van der Waals surface area (Å²) in [6.45, 7) is -0.642. The third-order valence-electron chi connectivity index (χ3n) is 2.91. The zero-order valence-corrected chi connectivity index (χ0v) is 13.3. The number of hydrazine groups is 1. The molecule has 0 fully saturated rings. The molecule has 0 aliphatic rings. The Kier molecular flexibility index (Phi) is 6.20. The maximum Gasteiger partial charge on any atom is 0.354 e. The number of aromatic nitrogens is 2. The second kappa shape index (κ2) is 8.77. The van der Waals surface area contributed by atoms with E-state index in [4.69, 9.17) is 10.5 Å². The van der Waals surface area contributed by atoms with E-state index < -0.39 is 22.4 Å². The van der Waals surface area contributed by atoms with Crippen molar-refractivity contribution in [2.45, 2.75) is 0 Å². The second-order valence-corrected chi connectivity index (χ2v) is 4.76. The van der Waals surface area contributed by atoms with Crippen molar-refractivity contribution in [1.82, 2.24) is 20.7 Å². The van der Waals surface area contributed by atoms with E-state index >= 15 is 0 Å². The Morgan fingerprint density at radius 1 is 1.19 bits per heavy atom. The van der Waals surface area contributed by atoms with Crippen molar-refractivity contribution in [3.63, 3.8) is 0 Å². The maximum absolute atomic E-state index is 11.7. The Bertz CT molecular complexity index is 800. The topological polar surface area (TPSA) is 174 Å². The van der Waals surface area contributed by atoms with Crippen LogP contribution in [0.15, 0.2) is 36.7 Å². The van der Waals surface area contributed by atoms with Crippen molar-refractivity contribution in [3.8, 4) is 5.75 Å². The van der Waals surface area contributed by atoms with E-state index in [9.17, 15) is 19.7 Å². The molecule has 5 N–H and O–H groups in total. The highest BCUT2D eigenvalue weighted by Gasteiger charge is 2.21. The molecule has 1 heterocycles. The Hall–Kier alpha value is -3.96. The first-order valence-corrected chi connectivity index (χ1v) is 7.21. The lowest BCUT2D eigenvalue weighted by molar-refractivity contribution is -0.383. The van der Waals surface area contributed by atoms with Crippen molar-refractivity contribution < 1.29 is 19.2 Å². The zero-order chi connectivity index (χ0) is 18.9. The minimum absolute atomic E-state index is 0.265. The van der Waals surface area contributed by atoms with Crippen LogP contribution in [-0.2, 0) is 9.59 Å². The summed E-state index contributed by atoms with van der Waals surface area (Å²) in [5.74, 6) is -1.30. The van der Waals surface area contributed by atoms with Crippen LogP contribution >= 0.6 is 0 Å². The van der Waals surface area contributed by atoms with Crippen molar-refractivity contribution in [2.24, 2.45) is 0 Å². The third kappa shape index (κ3) is 5.30. The SMILES string of the molecule is Nc1ncnc(NNC(=O)CNC(=O)COc2ccccc2)c1[N+](=O)[O-]. The van der Waals surface area contributed by atoms with Gasteiger partial charge in [-0.25, -0.2) is 9.97 Å². The molecule has 0 aliphatic heterocycles. The van der Waals surface area contributed by atoms with Gasteiger partial charge in [-0.05, 0) is 12.1 Å². The molecule has 26 heavy (non-hydrogen) atoms. The number of benzene rings is 1. The number of hydrogen-bond acceptors (Lipinski definition) is 9. The highest BCUT2D eigenvalue weighted by Crippen LogP contribution is 2.25. The second-order valence-electron chi connectivity index (χ2n) is 4.76. The van der Waals surface area contributed by atoms with Gasteiger partial charge >= 0.3 is 5.69 Å². The van der Waals surface area contributed by atoms with Crippen LogP contribution in [0.3, 0.4) is 0 Å². The molecule has 0 atom stereocenters. The van der Waals surface area contributed by atoms with Crippen LogP contribution in [0.5, 0.6) is 5.75 Å². The molecule has 12 nitrogen and oxygen atoms in total. The first-order chi connectivity index (χ1) is 12.5. The minimum atomic E-state index is -0.785. The lowest BCUT2D eigenvalue weighted by Gasteiger charge is -2.10. The average Bonchev–Trinajstić information content (AvgIpc) is 2.63. The predicted molar refractivity (Wildman–Crippen MR) is 89.8 cm³/mol. The van der Waals surface area contributed by atoms with Crippen LogP contribution in [0, 0.1) is 10.1 Å². The summed E-state index contributed by atoms with van der Waals surface area (Å²) >= 11 is 0. The van der Waals surface area contributed by atoms with E-state index in [0.717, 1.165) is 6.33 Å². The number of nitrogens with one attached hydrogen (secondary N) is 3. The number of nitro groups is 1. The molecule has 2 amide bonds. The van der Waals surface area contributed by atoms with E-state index in [-0.39, 0.29) is 24.8 Å². The number of anilines is 2. The van der Waals surface area contributed by atoms with Crippen molar-refractivity contribution in [1.29, 1.82) is 0 Å². The van der Waals surface area contributed by atoms with E-state index in [1.165, 1.54) is 0 Å². The first-order valence-electron chi connectivity index (χ1n) is 7.21. The Morgan fingerprint density at radius 2 is 1.92 bits per heavy atom. The summed E-state index contributed by atoms with van der Waals surface area (Å²) < 4.78 is 5.22. The number of amides is 2. The van der Waals surface area contributed by atoms with Crippen LogP contribution in [0.1, 0.15) is 0 Å². The number of para-hydroxylation sites is 1. The molecule has 0 aliphatic carbocycles. The molecule has 2 rings (SSSR count). The molecule has 0 bridgehead atoms. The van der Waals surface area contributed by atoms with Crippen molar-refractivity contribution >= 4 is 29.1 Å². The highest BCUT2D eigenvalue weighted by atomic mass is 16.6. The first kappa shape index (κ1) is 18.4. The molecule has 0 spiro atoms. The average molecular weight is 361 g/mol. The maximum atomic E-state index is 11.7. The molecular formula is C14H15N7O5. The molecule has 12 heteroatoms. The van der Waals surface area contributed by atoms with Gasteiger partial charge in [0.15, 0.2) is 6.61 Å². The fourth-order valence-corrected chi connectivity index (χ4v) is 1.73. The zero-order valence-electron chi connectivity index (χ0n) is 13.3. The summed E-state index contributed by atoms with van der Waals surface area (Å²) in [4.78, 5) is 40.6. The number of ether oxygens (including phenoxy) is 1. The quantitative estimate of drug-likeness (QED) is 0.360. The smallest absolute Gasteiger partial charge is 0.354 e. The van der Waals surface area contributed by atoms with Gasteiger partial charge < -0.3 is 15.8 Å². The summed E-state index contributed by atoms with van der Waals surface area (Å²) in [5.41, 5.74) is 9.23. The van der Waals surface area contributed by atoms with E-state index in [1.807, 2.05) is 0 Å². The fraction of sp³-hybridized carbons (Fsp3) is 0.143. The minimum Gasteiger partial charge on any atom is -0.484 e. The summed E-state index contributed by atoms with van der Waals surface area (Å²) in [6.07, 6.45) is 1.000. The van der Waals surface area contributed by atoms with Gasteiger partial charge in [-0.2, -0.15) is 0 Å². The molecule has 1 aromatic carbocycles. The molecule has 1 aromatic heterocycles. The van der Waals surface area contributed by atoms with Gasteiger partial charge in [0.1, 0.15) is 12.1 Å². The Morgan fingerprint density at radius 3 is 2.62 bits per heavy atom. The van der Waals surface area contributed by atoms with Gasteiger partial charge in [-0.15, -0.1) is 0 Å². The standard InChI is InChI=1S/C14H15N7O5/c15-13-12(21(24)25)14(18-8-17-13)20-19-10(22)6-16-11(23)7-26-9-4-2-1-3-5-9/h1-5,8H,6-7H2,(H,16,23)(H,19,22)(H3,15,17,18,20). The summed E-state index contributed by atoms with van der Waals surface area (Å²) in [6, 6.07) is 8.69. The molecular weight excluding hydrogens is 346 g/mol. The van der Waals surface area contributed by atoms with Gasteiger partial charge in [0.2, 0.25) is 11.6 Å². The highest BCUT2D eigenvalue weighted by molar-refractivity contribution is 5.86. The molecule has 136 valence electrons. The number of nitrogen functional groups attached to an aromatic ring is 1. The Balaban J connectivity index is 1.76. The van der Waals surface area contributed by atoms with Crippen LogP contribution in [-0.4, -0.2) is 39.9 Å². The molecule has 0 saturated heterocycles. The van der Waals surface area contributed by atoms with Crippen molar-refractivity contribution in [2.75, 3.05) is 24.3 Å². The number of nitrogens with two attached hydrogens (primary N) is 1. The predicted octanol–water partition coefficient (Wildman–Crippen LogP) is -0.395. The van der Waals surface area contributed by atoms with Gasteiger partial charge in [0.05, 0.1) is 11.5 Å². The van der Waals surface area contributed by atoms with E-state index in [1.54, 1.807) is 30.3 Å². The summed E-state index contributed by atoms with van der Waals surface area (Å²) in [7, 11) is 0. The monoisotopic (exact) mass is 361 g/mol. The largest absolute Gasteiger partial charge is 0.484 e. The number of nitrogens with zero attached hydrogens (tertiary/aromatic N) is 3. The number of hydrogen-bond donors (Lipinski definition) is 4. The van der Waals surface area contributed by atoms with Crippen LogP contribution in [0.2, 0.25) is 0 Å². The Labute approximate surface area is 146 Å². The van der Waals surface area contributed by atoms with Crippen LogP contribution < -0.4 is 26.6 Å². The van der Waals surface area contributed by atoms with Crippen LogP contribution in [0.25, 0.3) is 0 Å². The fourth-order valence-electron chi connectivity index (χ4n) is 1.73. The molecule has 2 aromatic rings. The van der Waals surface area contributed by atoms with Gasteiger partial charge in [-0.3, -0.25) is 30.6 Å². The number of carbonyl (C=O) groups excluding carboxylic acids is 2. The van der Waals surface area contributed by atoms with Gasteiger partial charge in [0.25, 0.3) is 11.8 Å². The molecule has 0 unspecified atom stereocenters. The van der Waals surface area contributed by atoms with E-state index in [0.29, 0.717) is 5.75 Å². The number of rotatable bonds is 8. The molecule has 0 radical (unpaired) electrons. The van der Waals surface area contributed by atoms with Crippen molar-refractivity contribution in [3.05, 3.63) is 46.8 Å². The van der Waals surface area contributed by atoms with Crippen LogP contribution in [0.4, 0.5) is 17.3 Å². The van der Waals surface area contributed by atoms with Gasteiger partial charge in [0, 0.05) is 0 Å². The summed E-state index contributed by atoms with van der Waals surface area (Å²) in [5, 5.41) is 13.2. The number of carbonyl (C=O) groups is 2. The normalized spacial score (nSPS) is 9.85. The van der Waals surface area contributed by atoms with E-state index in [2.05, 4.69) is 26.1 Å². The molecule has 0 saturated carbocycles. The van der Waals surface area contributed by atoms with Gasteiger partial charge in [-0.1, -0.05) is 18.2 Å². The lowest BCUT2D eigenvalue weighted by Crippen LogP contribution is -2.41.